The van der Waals surface area contributed by atoms with Crippen molar-refractivity contribution < 1.29 is 23.1 Å². The minimum absolute atomic E-state index is 0.0329. The number of ether oxygens (including phenoxy) is 1. The van der Waals surface area contributed by atoms with E-state index in [0.717, 1.165) is 31.0 Å². The summed E-state index contributed by atoms with van der Waals surface area (Å²) in [5, 5.41) is 13.8. The SMILES string of the molecule is CC(C)n1c(=O)n(CC2CC2)c(=O)c2cc(NC(=O)N3CCOC(C(=O)Nc4cc(Cl)c(C#N)cc4F)C3)c(F)cc21. The molecular formula is C28H27ClF2N6O5. The fourth-order valence-corrected chi connectivity index (χ4v) is 5.05. The molecule has 1 aromatic heterocycles. The predicted octanol–water partition coefficient (Wildman–Crippen LogP) is 3.83. The molecule has 3 aromatic rings. The lowest BCUT2D eigenvalue weighted by Crippen LogP contribution is -2.51. The summed E-state index contributed by atoms with van der Waals surface area (Å²) in [6.45, 7) is 3.60. The first-order chi connectivity index (χ1) is 20.0. The number of nitriles is 1. The minimum Gasteiger partial charge on any atom is -0.365 e. The van der Waals surface area contributed by atoms with Gasteiger partial charge in [-0.15, -0.1) is 0 Å². The first kappa shape index (κ1) is 29.2. The topological polar surface area (TPSA) is 138 Å². The first-order valence-corrected chi connectivity index (χ1v) is 13.7. The van der Waals surface area contributed by atoms with Crippen molar-refractivity contribution in [2.24, 2.45) is 5.92 Å². The van der Waals surface area contributed by atoms with Gasteiger partial charge in [0.15, 0.2) is 6.10 Å². The summed E-state index contributed by atoms with van der Waals surface area (Å²) < 4.78 is 37.6. The van der Waals surface area contributed by atoms with Gasteiger partial charge in [0.05, 0.1) is 46.0 Å². The number of amides is 3. The smallest absolute Gasteiger partial charge is 0.331 e. The fraction of sp³-hybridized carbons (Fsp3) is 0.393. The second-order valence-corrected chi connectivity index (χ2v) is 11.0. The molecule has 5 rings (SSSR count). The summed E-state index contributed by atoms with van der Waals surface area (Å²) in [5.41, 5.74) is -1.57. The van der Waals surface area contributed by atoms with E-state index in [2.05, 4.69) is 10.6 Å². The van der Waals surface area contributed by atoms with E-state index in [1.54, 1.807) is 19.9 Å². The summed E-state index contributed by atoms with van der Waals surface area (Å²) in [4.78, 5) is 53.5. The van der Waals surface area contributed by atoms with Crippen LogP contribution in [0, 0.1) is 28.9 Å². The van der Waals surface area contributed by atoms with Crippen molar-refractivity contribution in [3.8, 4) is 6.07 Å². The average Bonchev–Trinajstić information content (AvgIpc) is 3.78. The maximum Gasteiger partial charge on any atom is 0.331 e. The zero-order chi connectivity index (χ0) is 30.3. The lowest BCUT2D eigenvalue weighted by atomic mass is 10.1. The van der Waals surface area contributed by atoms with Gasteiger partial charge in [0.1, 0.15) is 17.7 Å². The van der Waals surface area contributed by atoms with Gasteiger partial charge in [-0.25, -0.2) is 18.4 Å². The molecular weight excluding hydrogens is 574 g/mol. The largest absolute Gasteiger partial charge is 0.365 e. The van der Waals surface area contributed by atoms with Crippen LogP contribution in [-0.2, 0) is 16.1 Å². The molecule has 2 aliphatic rings. The normalized spacial score (nSPS) is 16.9. The Morgan fingerprint density at radius 2 is 1.81 bits per heavy atom. The molecule has 0 radical (unpaired) electrons. The molecule has 11 nitrogen and oxygen atoms in total. The van der Waals surface area contributed by atoms with Crippen LogP contribution in [0.5, 0.6) is 0 Å². The van der Waals surface area contributed by atoms with Crippen LogP contribution >= 0.6 is 11.6 Å². The Bertz CT molecular complexity index is 1760. The lowest BCUT2D eigenvalue weighted by Gasteiger charge is -2.32. The lowest BCUT2D eigenvalue weighted by molar-refractivity contribution is -0.131. The molecule has 0 bridgehead atoms. The van der Waals surface area contributed by atoms with Gasteiger partial charge in [0, 0.05) is 25.2 Å². The molecule has 3 amide bonds. The maximum atomic E-state index is 15.2. The molecule has 2 aromatic carbocycles. The number of rotatable bonds is 6. The van der Waals surface area contributed by atoms with Crippen LogP contribution in [0.3, 0.4) is 0 Å². The summed E-state index contributed by atoms with van der Waals surface area (Å²) in [6, 6.07) is 4.89. The molecule has 220 valence electrons. The Morgan fingerprint density at radius 1 is 1.12 bits per heavy atom. The number of fused-ring (bicyclic) bond motifs is 1. The van der Waals surface area contributed by atoms with Crippen LogP contribution in [0.2, 0.25) is 5.02 Å². The van der Waals surface area contributed by atoms with Gasteiger partial charge in [-0.2, -0.15) is 5.26 Å². The quantitative estimate of drug-likeness (QED) is 0.441. The van der Waals surface area contributed by atoms with Gasteiger partial charge in [-0.05, 0) is 50.8 Å². The molecule has 2 N–H and O–H groups in total. The van der Waals surface area contributed by atoms with Crippen molar-refractivity contribution in [1.82, 2.24) is 14.0 Å². The summed E-state index contributed by atoms with van der Waals surface area (Å²) in [5.74, 6) is -2.24. The second kappa shape index (κ2) is 11.5. The standard InChI is InChI=1S/C28H27ClF2N6O5/c1-14(2)37-23-10-20(31)21(8-17(23)26(39)36(28(37)41)12-15-3-4-15)34-27(40)35-5-6-42-24(13-35)25(38)33-22-9-18(29)16(11-32)7-19(22)30/h7-10,14-15,24H,3-6,12-13H2,1-2H3,(H,33,38)(H,34,40). The number of benzene rings is 2. The highest BCUT2D eigenvalue weighted by Gasteiger charge is 2.31. The van der Waals surface area contributed by atoms with Gasteiger partial charge in [0.25, 0.3) is 11.5 Å². The highest BCUT2D eigenvalue weighted by molar-refractivity contribution is 6.32. The number of hydrogen-bond acceptors (Lipinski definition) is 6. The molecule has 14 heteroatoms. The number of carbonyl (C=O) groups is 2. The van der Waals surface area contributed by atoms with E-state index in [9.17, 15) is 23.6 Å². The van der Waals surface area contributed by atoms with Gasteiger partial charge in [-0.3, -0.25) is 18.7 Å². The Morgan fingerprint density at radius 3 is 2.48 bits per heavy atom. The highest BCUT2D eigenvalue weighted by atomic mass is 35.5. The number of nitrogens with zero attached hydrogens (tertiary/aromatic N) is 4. The van der Waals surface area contributed by atoms with Crippen LogP contribution in [0.1, 0.15) is 38.3 Å². The van der Waals surface area contributed by atoms with Crippen molar-refractivity contribution >= 4 is 45.8 Å². The van der Waals surface area contributed by atoms with Gasteiger partial charge < -0.3 is 20.3 Å². The number of carbonyl (C=O) groups excluding carboxylic acids is 2. The van der Waals surface area contributed by atoms with Crippen molar-refractivity contribution in [2.75, 3.05) is 30.3 Å². The van der Waals surface area contributed by atoms with Gasteiger partial charge in [0.2, 0.25) is 0 Å². The monoisotopic (exact) mass is 600 g/mol. The van der Waals surface area contributed by atoms with Crippen LogP contribution < -0.4 is 21.9 Å². The molecule has 1 saturated heterocycles. The fourth-order valence-electron chi connectivity index (χ4n) is 4.84. The van der Waals surface area contributed by atoms with Crippen molar-refractivity contribution in [1.29, 1.82) is 5.26 Å². The Hall–Kier alpha value is -4.28. The molecule has 1 atom stereocenters. The Kier molecular flexibility index (Phi) is 8.03. The molecule has 0 spiro atoms. The minimum atomic E-state index is -1.19. The summed E-state index contributed by atoms with van der Waals surface area (Å²) >= 11 is 5.94. The molecule has 2 heterocycles. The van der Waals surface area contributed by atoms with Crippen LogP contribution in [0.15, 0.2) is 33.9 Å². The number of aromatic nitrogens is 2. The van der Waals surface area contributed by atoms with Crippen LogP contribution in [0.4, 0.5) is 25.0 Å². The average molecular weight is 601 g/mol. The Balaban J connectivity index is 1.36. The number of hydrogen-bond donors (Lipinski definition) is 2. The zero-order valence-electron chi connectivity index (χ0n) is 22.7. The summed E-state index contributed by atoms with van der Waals surface area (Å²) in [6.07, 6.45) is 0.658. The van der Waals surface area contributed by atoms with E-state index >= 15 is 4.39 Å². The number of halogens is 3. The van der Waals surface area contributed by atoms with E-state index < -0.39 is 40.9 Å². The third kappa shape index (κ3) is 5.73. The third-order valence-electron chi connectivity index (χ3n) is 7.23. The van der Waals surface area contributed by atoms with E-state index in [0.29, 0.717) is 0 Å². The number of anilines is 2. The van der Waals surface area contributed by atoms with Crippen molar-refractivity contribution in [3.05, 3.63) is 67.3 Å². The van der Waals surface area contributed by atoms with Crippen LogP contribution in [0.25, 0.3) is 10.9 Å². The molecule has 1 aliphatic carbocycles. The molecule has 42 heavy (non-hydrogen) atoms. The zero-order valence-corrected chi connectivity index (χ0v) is 23.5. The predicted molar refractivity (Wildman–Crippen MR) is 151 cm³/mol. The summed E-state index contributed by atoms with van der Waals surface area (Å²) in [7, 11) is 0. The molecule has 1 saturated carbocycles. The number of morpholine rings is 1. The van der Waals surface area contributed by atoms with E-state index in [1.807, 2.05) is 0 Å². The second-order valence-electron chi connectivity index (χ2n) is 10.6. The molecule has 1 aliphatic heterocycles. The third-order valence-corrected chi connectivity index (χ3v) is 7.55. The maximum absolute atomic E-state index is 15.2. The van der Waals surface area contributed by atoms with E-state index in [-0.39, 0.29) is 71.1 Å². The molecule has 1 unspecified atom stereocenters. The number of urea groups is 1. The number of nitrogens with one attached hydrogen (secondary N) is 2. The van der Waals surface area contributed by atoms with Gasteiger partial charge in [-0.1, -0.05) is 11.6 Å². The van der Waals surface area contributed by atoms with Crippen LogP contribution in [-0.4, -0.2) is 51.8 Å². The van der Waals surface area contributed by atoms with Crippen molar-refractivity contribution in [2.45, 2.75) is 45.4 Å². The van der Waals surface area contributed by atoms with E-state index in [4.69, 9.17) is 21.6 Å². The molecule has 2 fully saturated rings. The first-order valence-electron chi connectivity index (χ1n) is 13.3. The van der Waals surface area contributed by atoms with E-state index in [1.165, 1.54) is 20.1 Å². The van der Waals surface area contributed by atoms with Gasteiger partial charge >= 0.3 is 11.7 Å². The van der Waals surface area contributed by atoms with Crippen molar-refractivity contribution in [3.63, 3.8) is 0 Å². The Labute approximate surface area is 243 Å². The highest BCUT2D eigenvalue weighted by Crippen LogP contribution is 2.30.